The normalized spacial score (nSPS) is 18.5. The van der Waals surface area contributed by atoms with Crippen molar-refractivity contribution in [1.29, 1.82) is 0 Å². The van der Waals surface area contributed by atoms with Crippen LogP contribution in [0.3, 0.4) is 0 Å². The fourth-order valence-electron chi connectivity index (χ4n) is 2.26. The Bertz CT molecular complexity index is 285. The van der Waals surface area contributed by atoms with Crippen LogP contribution in [0, 0.1) is 0 Å². The highest BCUT2D eigenvalue weighted by molar-refractivity contribution is 5.04. The van der Waals surface area contributed by atoms with E-state index >= 15 is 0 Å². The fraction of sp³-hybridized carbons (Fsp3) is 0.615. The second-order valence-electron chi connectivity index (χ2n) is 4.49. The maximum absolute atomic E-state index is 4.33. The predicted molar refractivity (Wildman–Crippen MR) is 62.8 cm³/mol. The summed E-state index contributed by atoms with van der Waals surface area (Å²) in [6.07, 6.45) is 8.27. The summed E-state index contributed by atoms with van der Waals surface area (Å²) in [4.78, 5) is 4.33. The van der Waals surface area contributed by atoms with Crippen LogP contribution in [0.4, 0.5) is 0 Å². The molecule has 0 bridgehead atoms. The molecule has 1 N–H and O–H groups in total. The zero-order valence-electron chi connectivity index (χ0n) is 9.50. The van der Waals surface area contributed by atoms with Crippen LogP contribution in [0.2, 0.25) is 0 Å². The van der Waals surface area contributed by atoms with Crippen molar-refractivity contribution in [2.75, 3.05) is 6.54 Å². The van der Waals surface area contributed by atoms with E-state index in [2.05, 4.69) is 29.4 Å². The van der Waals surface area contributed by atoms with Gasteiger partial charge in [0.1, 0.15) is 0 Å². The first-order chi connectivity index (χ1) is 7.35. The molecule has 1 aromatic rings. The van der Waals surface area contributed by atoms with Gasteiger partial charge in [0.2, 0.25) is 0 Å². The quantitative estimate of drug-likeness (QED) is 0.797. The zero-order valence-corrected chi connectivity index (χ0v) is 9.50. The minimum absolute atomic E-state index is 0.467. The highest BCUT2D eigenvalue weighted by Gasteiger charge is 2.33. The summed E-state index contributed by atoms with van der Waals surface area (Å²) in [6, 6.07) is 6.12. The molecule has 2 nitrogen and oxygen atoms in total. The van der Waals surface area contributed by atoms with Crippen LogP contribution in [0.15, 0.2) is 24.4 Å². The van der Waals surface area contributed by atoms with E-state index in [1.54, 1.807) is 0 Å². The number of pyridine rings is 1. The number of aromatic nitrogens is 1. The van der Waals surface area contributed by atoms with Gasteiger partial charge in [0.15, 0.2) is 0 Å². The Kier molecular flexibility index (Phi) is 3.37. The van der Waals surface area contributed by atoms with Crippen molar-refractivity contribution in [2.24, 2.45) is 0 Å². The van der Waals surface area contributed by atoms with Gasteiger partial charge >= 0.3 is 0 Å². The lowest BCUT2D eigenvalue weighted by molar-refractivity contribution is 0.179. The first kappa shape index (κ1) is 10.6. The molecule has 1 saturated carbocycles. The van der Waals surface area contributed by atoms with Crippen LogP contribution in [0.1, 0.15) is 38.3 Å². The highest BCUT2D eigenvalue weighted by atomic mass is 15.0. The van der Waals surface area contributed by atoms with Gasteiger partial charge in [-0.1, -0.05) is 13.0 Å². The summed E-state index contributed by atoms with van der Waals surface area (Å²) in [5, 5.41) is 3.69. The van der Waals surface area contributed by atoms with Gasteiger partial charge < -0.3 is 5.32 Å². The number of nitrogens with one attached hydrogen (secondary N) is 1. The third-order valence-corrected chi connectivity index (χ3v) is 3.59. The van der Waals surface area contributed by atoms with Crippen molar-refractivity contribution in [2.45, 2.75) is 44.6 Å². The van der Waals surface area contributed by atoms with Gasteiger partial charge in [-0.25, -0.2) is 0 Å². The van der Waals surface area contributed by atoms with Crippen molar-refractivity contribution in [1.82, 2.24) is 10.3 Å². The van der Waals surface area contributed by atoms with Crippen molar-refractivity contribution in [3.63, 3.8) is 0 Å². The van der Waals surface area contributed by atoms with Gasteiger partial charge in [-0.15, -0.1) is 0 Å². The second kappa shape index (κ2) is 4.75. The Labute approximate surface area is 92.1 Å². The number of nitrogens with zero attached hydrogens (tertiary/aromatic N) is 1. The summed E-state index contributed by atoms with van der Waals surface area (Å²) < 4.78 is 0. The van der Waals surface area contributed by atoms with Gasteiger partial charge in [-0.05, 0) is 37.8 Å². The average molecular weight is 204 g/mol. The molecule has 0 aromatic carbocycles. The van der Waals surface area contributed by atoms with E-state index in [-0.39, 0.29) is 0 Å². The molecule has 1 fully saturated rings. The molecule has 2 rings (SSSR count). The van der Waals surface area contributed by atoms with E-state index in [9.17, 15) is 0 Å². The molecule has 0 spiro atoms. The Morgan fingerprint density at radius 2 is 2.27 bits per heavy atom. The van der Waals surface area contributed by atoms with E-state index in [0.29, 0.717) is 5.54 Å². The van der Waals surface area contributed by atoms with Crippen LogP contribution in [0.5, 0.6) is 0 Å². The standard InChI is InChI=1S/C13H20N2/c1-2-13(8-5-9-13)15-11-7-12-6-3-4-10-14-12/h3-4,6,10,15H,2,5,7-9,11H2,1H3. The Morgan fingerprint density at radius 1 is 1.40 bits per heavy atom. The lowest BCUT2D eigenvalue weighted by Crippen LogP contribution is -2.51. The molecule has 2 heteroatoms. The zero-order chi connectivity index (χ0) is 10.6. The Balaban J connectivity index is 1.75. The van der Waals surface area contributed by atoms with Crippen molar-refractivity contribution in [3.05, 3.63) is 30.1 Å². The summed E-state index contributed by atoms with van der Waals surface area (Å²) >= 11 is 0. The van der Waals surface area contributed by atoms with Crippen LogP contribution < -0.4 is 5.32 Å². The highest BCUT2D eigenvalue weighted by Crippen LogP contribution is 2.34. The molecular weight excluding hydrogens is 184 g/mol. The molecule has 0 atom stereocenters. The van der Waals surface area contributed by atoms with Crippen LogP contribution in [0.25, 0.3) is 0 Å². The van der Waals surface area contributed by atoms with E-state index < -0.39 is 0 Å². The molecule has 82 valence electrons. The molecule has 1 heterocycles. The topological polar surface area (TPSA) is 24.9 Å². The fourth-order valence-corrected chi connectivity index (χ4v) is 2.26. The van der Waals surface area contributed by atoms with E-state index in [1.165, 1.54) is 31.4 Å². The molecule has 0 saturated heterocycles. The van der Waals surface area contributed by atoms with Crippen LogP contribution in [-0.4, -0.2) is 17.1 Å². The smallest absolute Gasteiger partial charge is 0.0416 e. The number of rotatable bonds is 5. The van der Waals surface area contributed by atoms with Gasteiger partial charge in [0.25, 0.3) is 0 Å². The first-order valence-corrected chi connectivity index (χ1v) is 6.00. The minimum Gasteiger partial charge on any atom is -0.311 e. The maximum atomic E-state index is 4.33. The van der Waals surface area contributed by atoms with E-state index in [0.717, 1.165) is 13.0 Å². The third-order valence-electron chi connectivity index (χ3n) is 3.59. The molecule has 1 aromatic heterocycles. The summed E-state index contributed by atoms with van der Waals surface area (Å²) in [5.41, 5.74) is 1.66. The summed E-state index contributed by atoms with van der Waals surface area (Å²) in [5.74, 6) is 0. The minimum atomic E-state index is 0.467. The summed E-state index contributed by atoms with van der Waals surface area (Å²) in [6.45, 7) is 3.35. The van der Waals surface area contributed by atoms with Crippen molar-refractivity contribution >= 4 is 0 Å². The molecule has 1 aliphatic rings. The van der Waals surface area contributed by atoms with Crippen molar-refractivity contribution in [3.8, 4) is 0 Å². The lowest BCUT2D eigenvalue weighted by atomic mass is 9.75. The van der Waals surface area contributed by atoms with E-state index in [1.807, 2.05) is 12.3 Å². The Morgan fingerprint density at radius 3 is 2.80 bits per heavy atom. The molecule has 15 heavy (non-hydrogen) atoms. The molecule has 0 aliphatic heterocycles. The largest absolute Gasteiger partial charge is 0.311 e. The van der Waals surface area contributed by atoms with Gasteiger partial charge in [0.05, 0.1) is 0 Å². The summed E-state index contributed by atoms with van der Waals surface area (Å²) in [7, 11) is 0. The second-order valence-corrected chi connectivity index (χ2v) is 4.49. The SMILES string of the molecule is CCC1(NCCc2ccccn2)CCC1. The number of hydrogen-bond acceptors (Lipinski definition) is 2. The van der Waals surface area contributed by atoms with E-state index in [4.69, 9.17) is 0 Å². The average Bonchev–Trinajstić information content (AvgIpc) is 2.24. The predicted octanol–water partition coefficient (Wildman–Crippen LogP) is 2.55. The lowest BCUT2D eigenvalue weighted by Gasteiger charge is -2.42. The number of hydrogen-bond donors (Lipinski definition) is 1. The van der Waals surface area contributed by atoms with Crippen LogP contribution >= 0.6 is 0 Å². The van der Waals surface area contributed by atoms with Gasteiger partial charge in [-0.2, -0.15) is 0 Å². The third kappa shape index (κ3) is 2.57. The van der Waals surface area contributed by atoms with Gasteiger partial charge in [-0.3, -0.25) is 4.98 Å². The first-order valence-electron chi connectivity index (χ1n) is 6.00. The van der Waals surface area contributed by atoms with Gasteiger partial charge in [0, 0.05) is 30.4 Å². The molecule has 0 radical (unpaired) electrons. The molecule has 1 aliphatic carbocycles. The van der Waals surface area contributed by atoms with Crippen molar-refractivity contribution < 1.29 is 0 Å². The Hall–Kier alpha value is -0.890. The molecule has 0 unspecified atom stereocenters. The van der Waals surface area contributed by atoms with Crippen LogP contribution in [-0.2, 0) is 6.42 Å². The monoisotopic (exact) mass is 204 g/mol. The molecular formula is C13H20N2. The molecule has 0 amide bonds. The maximum Gasteiger partial charge on any atom is 0.0416 e.